The van der Waals surface area contributed by atoms with Gasteiger partial charge in [0.25, 0.3) is 0 Å². The van der Waals surface area contributed by atoms with Crippen LogP contribution in [0.4, 0.5) is 0 Å². The molecule has 0 aliphatic heterocycles. The molecular formula is C32H33N3O. The first-order chi connectivity index (χ1) is 17.5. The normalized spacial score (nSPS) is 11.6. The Kier molecular flexibility index (Phi) is 8.02. The standard InChI is InChI=1S/C32H33N3O/c1-4-30(26-8-6-5-7-9-26)34-32(36)19-16-28-15-18-31(29-17-10-23(2)22-24(29)3)35(28)27-13-11-25(12-14-27)20-21-33/h5-15,17-18,22,30H,4,16,19-20H2,1-3H3,(H,34,36)/t30-/m1/s1. The van der Waals surface area contributed by atoms with Crippen molar-refractivity contribution in [2.24, 2.45) is 0 Å². The molecule has 182 valence electrons. The van der Waals surface area contributed by atoms with Gasteiger partial charge >= 0.3 is 0 Å². The maximum atomic E-state index is 12.9. The van der Waals surface area contributed by atoms with Crippen LogP contribution in [-0.4, -0.2) is 10.5 Å². The lowest BCUT2D eigenvalue weighted by atomic mass is 10.0. The molecule has 4 rings (SSSR count). The van der Waals surface area contributed by atoms with Crippen molar-refractivity contribution in [1.82, 2.24) is 9.88 Å². The van der Waals surface area contributed by atoms with Gasteiger partial charge in [-0.1, -0.05) is 73.2 Å². The molecule has 0 bridgehead atoms. The van der Waals surface area contributed by atoms with Crippen LogP contribution in [0.3, 0.4) is 0 Å². The molecule has 4 aromatic rings. The van der Waals surface area contributed by atoms with Crippen LogP contribution in [0.1, 0.15) is 53.8 Å². The number of amides is 1. The zero-order chi connectivity index (χ0) is 25.5. The largest absolute Gasteiger partial charge is 0.349 e. The van der Waals surface area contributed by atoms with Gasteiger partial charge in [-0.2, -0.15) is 5.26 Å². The fourth-order valence-electron chi connectivity index (χ4n) is 4.76. The minimum absolute atomic E-state index is 0.0175. The van der Waals surface area contributed by atoms with Crippen molar-refractivity contribution in [2.45, 2.75) is 52.5 Å². The SMILES string of the molecule is CC[C@@H](NC(=O)CCc1ccc(-c2ccc(C)cc2C)n1-c1ccc(CC#N)cc1)c1ccccc1. The quantitative estimate of drug-likeness (QED) is 0.283. The van der Waals surface area contributed by atoms with E-state index in [-0.39, 0.29) is 11.9 Å². The number of nitrogens with zero attached hydrogens (tertiary/aromatic N) is 2. The van der Waals surface area contributed by atoms with Crippen molar-refractivity contribution in [3.8, 4) is 23.0 Å². The van der Waals surface area contributed by atoms with Crippen LogP contribution >= 0.6 is 0 Å². The number of aryl methyl sites for hydroxylation is 3. The van der Waals surface area contributed by atoms with Gasteiger partial charge in [0.05, 0.1) is 24.2 Å². The molecule has 0 spiro atoms. The highest BCUT2D eigenvalue weighted by atomic mass is 16.1. The van der Waals surface area contributed by atoms with Crippen molar-refractivity contribution < 1.29 is 4.79 Å². The van der Waals surface area contributed by atoms with E-state index in [0.29, 0.717) is 19.3 Å². The van der Waals surface area contributed by atoms with Crippen molar-refractivity contribution >= 4 is 5.91 Å². The summed E-state index contributed by atoms with van der Waals surface area (Å²) in [6, 6.07) is 31.3. The summed E-state index contributed by atoms with van der Waals surface area (Å²) in [7, 11) is 0. The second kappa shape index (κ2) is 11.6. The average Bonchev–Trinajstić information content (AvgIpc) is 3.31. The topological polar surface area (TPSA) is 57.8 Å². The summed E-state index contributed by atoms with van der Waals surface area (Å²) in [5, 5.41) is 12.3. The predicted octanol–water partition coefficient (Wildman–Crippen LogP) is 7.03. The van der Waals surface area contributed by atoms with Gasteiger partial charge in [-0.05, 0) is 67.6 Å². The summed E-state index contributed by atoms with van der Waals surface area (Å²) in [6.45, 7) is 6.33. The second-order valence-corrected chi connectivity index (χ2v) is 9.30. The van der Waals surface area contributed by atoms with Gasteiger partial charge < -0.3 is 9.88 Å². The number of rotatable bonds is 9. The Bertz CT molecular complexity index is 1360. The summed E-state index contributed by atoms with van der Waals surface area (Å²) in [4.78, 5) is 12.9. The summed E-state index contributed by atoms with van der Waals surface area (Å²) in [5.41, 5.74) is 8.97. The van der Waals surface area contributed by atoms with E-state index in [0.717, 1.165) is 34.6 Å². The molecule has 3 aromatic carbocycles. The third kappa shape index (κ3) is 5.75. The van der Waals surface area contributed by atoms with E-state index in [1.807, 2.05) is 30.3 Å². The molecule has 0 aliphatic rings. The highest BCUT2D eigenvalue weighted by molar-refractivity contribution is 5.77. The summed E-state index contributed by atoms with van der Waals surface area (Å²) >= 11 is 0. The third-order valence-electron chi connectivity index (χ3n) is 6.65. The molecule has 0 saturated heterocycles. The smallest absolute Gasteiger partial charge is 0.220 e. The van der Waals surface area contributed by atoms with Gasteiger partial charge in [0.2, 0.25) is 5.91 Å². The number of hydrogen-bond acceptors (Lipinski definition) is 2. The number of carbonyl (C=O) groups excluding carboxylic acids is 1. The molecule has 1 atom stereocenters. The molecule has 4 nitrogen and oxygen atoms in total. The third-order valence-corrected chi connectivity index (χ3v) is 6.65. The van der Waals surface area contributed by atoms with Crippen LogP contribution in [0.2, 0.25) is 0 Å². The highest BCUT2D eigenvalue weighted by Gasteiger charge is 2.17. The number of hydrogen-bond donors (Lipinski definition) is 1. The van der Waals surface area contributed by atoms with Gasteiger partial charge in [0.1, 0.15) is 0 Å². The van der Waals surface area contributed by atoms with E-state index in [9.17, 15) is 4.79 Å². The monoisotopic (exact) mass is 475 g/mol. The van der Waals surface area contributed by atoms with E-state index >= 15 is 0 Å². The van der Waals surface area contributed by atoms with E-state index in [1.54, 1.807) is 0 Å². The number of aromatic nitrogens is 1. The van der Waals surface area contributed by atoms with E-state index in [1.165, 1.54) is 16.7 Å². The Labute approximate surface area is 214 Å². The van der Waals surface area contributed by atoms with Crippen LogP contribution in [0.5, 0.6) is 0 Å². The van der Waals surface area contributed by atoms with Crippen LogP contribution < -0.4 is 5.32 Å². The molecule has 1 N–H and O–H groups in total. The lowest BCUT2D eigenvalue weighted by molar-refractivity contribution is -0.121. The van der Waals surface area contributed by atoms with Gasteiger partial charge in [0.15, 0.2) is 0 Å². The minimum atomic E-state index is 0.0175. The first kappa shape index (κ1) is 25.0. The van der Waals surface area contributed by atoms with Crippen molar-refractivity contribution in [3.05, 3.63) is 113 Å². The number of benzene rings is 3. The first-order valence-corrected chi connectivity index (χ1v) is 12.6. The highest BCUT2D eigenvalue weighted by Crippen LogP contribution is 2.30. The molecule has 0 saturated carbocycles. The van der Waals surface area contributed by atoms with Crippen molar-refractivity contribution in [2.75, 3.05) is 0 Å². The average molecular weight is 476 g/mol. The Hall–Kier alpha value is -4.10. The number of nitrogens with one attached hydrogen (secondary N) is 1. The fraction of sp³-hybridized carbons (Fsp3) is 0.250. The van der Waals surface area contributed by atoms with E-state index in [4.69, 9.17) is 5.26 Å². The van der Waals surface area contributed by atoms with Crippen molar-refractivity contribution in [1.29, 1.82) is 5.26 Å². The van der Waals surface area contributed by atoms with Gasteiger partial charge in [-0.15, -0.1) is 0 Å². The van der Waals surface area contributed by atoms with Gasteiger partial charge in [-0.25, -0.2) is 0 Å². The number of nitriles is 1. The lowest BCUT2D eigenvalue weighted by Gasteiger charge is -2.18. The van der Waals surface area contributed by atoms with E-state index in [2.05, 4.69) is 91.3 Å². The molecule has 0 aliphatic carbocycles. The fourth-order valence-corrected chi connectivity index (χ4v) is 4.76. The Morgan fingerprint density at radius 3 is 2.39 bits per heavy atom. The lowest BCUT2D eigenvalue weighted by Crippen LogP contribution is -2.28. The molecular weight excluding hydrogens is 442 g/mol. The van der Waals surface area contributed by atoms with E-state index < -0.39 is 0 Å². The zero-order valence-corrected chi connectivity index (χ0v) is 21.3. The zero-order valence-electron chi connectivity index (χ0n) is 21.3. The second-order valence-electron chi connectivity index (χ2n) is 9.30. The molecule has 1 aromatic heterocycles. The van der Waals surface area contributed by atoms with Crippen molar-refractivity contribution in [3.63, 3.8) is 0 Å². The molecule has 4 heteroatoms. The molecule has 0 fully saturated rings. The number of carbonyl (C=O) groups is 1. The predicted molar refractivity (Wildman–Crippen MR) is 146 cm³/mol. The maximum Gasteiger partial charge on any atom is 0.220 e. The van der Waals surface area contributed by atoms with Crippen LogP contribution in [0.25, 0.3) is 16.9 Å². The molecule has 0 unspecified atom stereocenters. The van der Waals surface area contributed by atoms with Gasteiger partial charge in [-0.3, -0.25) is 4.79 Å². The molecule has 1 heterocycles. The van der Waals surface area contributed by atoms with Crippen LogP contribution in [-0.2, 0) is 17.6 Å². The summed E-state index contributed by atoms with van der Waals surface area (Å²) in [5.74, 6) is 0.0517. The molecule has 0 radical (unpaired) electrons. The van der Waals surface area contributed by atoms with Gasteiger partial charge in [0, 0.05) is 23.4 Å². The molecule has 36 heavy (non-hydrogen) atoms. The summed E-state index contributed by atoms with van der Waals surface area (Å²) in [6.07, 6.45) is 2.27. The Balaban J connectivity index is 1.61. The Morgan fingerprint density at radius 1 is 0.972 bits per heavy atom. The maximum absolute atomic E-state index is 12.9. The molecule has 1 amide bonds. The Morgan fingerprint density at radius 2 is 1.72 bits per heavy atom. The summed E-state index contributed by atoms with van der Waals surface area (Å²) < 4.78 is 2.25. The minimum Gasteiger partial charge on any atom is -0.349 e. The first-order valence-electron chi connectivity index (χ1n) is 12.6. The van der Waals surface area contributed by atoms with Crippen LogP contribution in [0, 0.1) is 25.2 Å². The van der Waals surface area contributed by atoms with Crippen LogP contribution in [0.15, 0.2) is 84.9 Å².